The van der Waals surface area contributed by atoms with E-state index in [1.807, 2.05) is 13.8 Å². The molecule has 0 unspecified atom stereocenters. The highest BCUT2D eigenvalue weighted by Gasteiger charge is 2.61. The maximum Gasteiger partial charge on any atom is 0.261 e. The third-order valence-electron chi connectivity index (χ3n) is 17.3. The minimum Gasteiger partial charge on any atom is -0.405 e. The van der Waals surface area contributed by atoms with Gasteiger partial charge in [0.25, 0.3) is 8.32 Å². The SMILES string of the molecule is C=CCO[C@H]1[C@H](O[C@H]2CC[C@@]3(C)C(=CC[C@H]4[C@@H]5CC[C@H]([C@H](C)CCCC(C)C)[C@@]5(C)CC[C@@H]43)C2)O[C@H](CO[Si](c2ccccc2)(c2ccccc2)C(C)(C)C)[C@@H]2OC(C)(C)O[C@@H]21. The fraction of sp³-hybridized carbons (Fsp3) is 0.709. The summed E-state index contributed by atoms with van der Waals surface area (Å²) in [7, 11) is -2.86. The molecule has 2 heterocycles. The van der Waals surface area contributed by atoms with Crippen LogP contribution in [0.5, 0.6) is 0 Å². The molecule has 2 aliphatic heterocycles. The lowest BCUT2D eigenvalue weighted by molar-refractivity contribution is -0.302. The highest BCUT2D eigenvalue weighted by atomic mass is 28.4. The van der Waals surface area contributed by atoms with Crippen molar-refractivity contribution in [2.24, 2.45) is 46.3 Å². The van der Waals surface area contributed by atoms with Crippen LogP contribution in [-0.4, -0.2) is 64.1 Å². The number of ether oxygens (including phenoxy) is 5. The molecular weight excluding hydrogens is 785 g/mol. The minimum atomic E-state index is -2.86. The molecule has 0 spiro atoms. The summed E-state index contributed by atoms with van der Waals surface area (Å²) in [6.45, 7) is 28.3. The molecule has 5 fully saturated rings. The number of rotatable bonds is 15. The number of hydrogen-bond acceptors (Lipinski definition) is 6. The summed E-state index contributed by atoms with van der Waals surface area (Å²) in [4.78, 5) is 0. The van der Waals surface area contributed by atoms with Gasteiger partial charge in [0.1, 0.15) is 24.4 Å². The first-order valence-corrected chi connectivity index (χ1v) is 26.7. The van der Waals surface area contributed by atoms with Gasteiger partial charge in [-0.3, -0.25) is 0 Å². The van der Waals surface area contributed by atoms with Crippen molar-refractivity contribution in [3.05, 3.63) is 85.0 Å². The van der Waals surface area contributed by atoms with Crippen LogP contribution in [0, 0.1) is 46.3 Å². The molecule has 2 aromatic carbocycles. The molecule has 4 aliphatic carbocycles. The Morgan fingerprint density at radius 3 is 2.16 bits per heavy atom. The Labute approximate surface area is 377 Å². The van der Waals surface area contributed by atoms with E-state index in [0.717, 1.165) is 54.8 Å². The van der Waals surface area contributed by atoms with Gasteiger partial charge < -0.3 is 28.1 Å². The zero-order valence-corrected chi connectivity index (χ0v) is 41.2. The molecule has 3 saturated carbocycles. The van der Waals surface area contributed by atoms with Crippen molar-refractivity contribution in [3.8, 4) is 0 Å². The van der Waals surface area contributed by atoms with Crippen LogP contribution >= 0.6 is 0 Å². The molecule has 62 heavy (non-hydrogen) atoms. The summed E-state index contributed by atoms with van der Waals surface area (Å²) >= 11 is 0. The summed E-state index contributed by atoms with van der Waals surface area (Å²) in [6.07, 6.45) is 16.4. The fourth-order valence-corrected chi connectivity index (χ4v) is 18.9. The molecule has 13 atom stereocenters. The number of fused-ring (bicyclic) bond motifs is 6. The fourth-order valence-electron chi connectivity index (χ4n) is 14.4. The van der Waals surface area contributed by atoms with Gasteiger partial charge in [-0.1, -0.05) is 153 Å². The second-order valence-corrected chi connectivity index (χ2v) is 27.3. The van der Waals surface area contributed by atoms with Gasteiger partial charge in [0.15, 0.2) is 12.1 Å². The monoisotopic (exact) mass is 867 g/mol. The Bertz CT molecular complexity index is 1800. The van der Waals surface area contributed by atoms with Crippen LogP contribution in [0.25, 0.3) is 0 Å². The summed E-state index contributed by atoms with van der Waals surface area (Å²) < 4.78 is 41.9. The van der Waals surface area contributed by atoms with Crippen molar-refractivity contribution in [2.75, 3.05) is 13.2 Å². The largest absolute Gasteiger partial charge is 0.405 e. The van der Waals surface area contributed by atoms with E-state index in [1.54, 1.807) is 11.6 Å². The van der Waals surface area contributed by atoms with Crippen molar-refractivity contribution in [2.45, 2.75) is 188 Å². The molecule has 0 aromatic heterocycles. The third kappa shape index (κ3) is 8.69. The smallest absolute Gasteiger partial charge is 0.261 e. The molecule has 342 valence electrons. The normalized spacial score (nSPS) is 37.2. The molecule has 6 aliphatic rings. The molecule has 8 rings (SSSR count). The van der Waals surface area contributed by atoms with Crippen LogP contribution < -0.4 is 10.4 Å². The summed E-state index contributed by atoms with van der Waals surface area (Å²) in [5.41, 5.74) is 2.36. The van der Waals surface area contributed by atoms with Gasteiger partial charge >= 0.3 is 0 Å². The van der Waals surface area contributed by atoms with Crippen molar-refractivity contribution < 1.29 is 28.1 Å². The van der Waals surface area contributed by atoms with Crippen LogP contribution in [0.1, 0.15) is 140 Å². The second-order valence-electron chi connectivity index (χ2n) is 23.0. The first-order chi connectivity index (χ1) is 29.5. The lowest BCUT2D eigenvalue weighted by Crippen LogP contribution is -2.68. The van der Waals surface area contributed by atoms with Crippen LogP contribution in [0.3, 0.4) is 0 Å². The molecule has 0 radical (unpaired) electrons. The number of hydrogen-bond donors (Lipinski definition) is 0. The molecule has 2 aromatic rings. The third-order valence-corrected chi connectivity index (χ3v) is 22.3. The van der Waals surface area contributed by atoms with Gasteiger partial charge in [-0.25, -0.2) is 0 Å². The lowest BCUT2D eigenvalue weighted by atomic mass is 9.47. The zero-order valence-electron chi connectivity index (χ0n) is 40.2. The van der Waals surface area contributed by atoms with E-state index < -0.39 is 32.6 Å². The van der Waals surface area contributed by atoms with Crippen molar-refractivity contribution in [3.63, 3.8) is 0 Å². The van der Waals surface area contributed by atoms with Gasteiger partial charge in [-0.2, -0.15) is 0 Å². The lowest BCUT2D eigenvalue weighted by Gasteiger charge is -2.58. The predicted molar refractivity (Wildman–Crippen MR) is 254 cm³/mol. The Morgan fingerprint density at radius 2 is 1.52 bits per heavy atom. The number of allylic oxidation sites excluding steroid dienone is 1. The topological polar surface area (TPSA) is 55.4 Å². The average molecular weight is 867 g/mol. The number of benzene rings is 2. The molecule has 0 amide bonds. The molecule has 0 bridgehead atoms. The zero-order chi connectivity index (χ0) is 44.1. The van der Waals surface area contributed by atoms with E-state index >= 15 is 0 Å². The maximum absolute atomic E-state index is 7.51. The predicted octanol–water partition coefficient (Wildman–Crippen LogP) is 11.8. The van der Waals surface area contributed by atoms with Gasteiger partial charge in [0.2, 0.25) is 0 Å². The first kappa shape index (κ1) is 46.4. The molecule has 0 N–H and O–H groups in total. The van der Waals surface area contributed by atoms with Crippen LogP contribution in [0.15, 0.2) is 85.0 Å². The van der Waals surface area contributed by atoms with Gasteiger partial charge in [0.05, 0.1) is 19.3 Å². The summed E-state index contributed by atoms with van der Waals surface area (Å²) in [5.74, 6) is 4.15. The standard InChI is InChI=1S/C55H82O6Si/c1-12-34-56-50-49-48(60-53(8,9)61-49)47(36-57-62(52(5,6)7,41-22-15-13-16-23-41)42-24-17-14-18-25-42)59-51(50)58-40-30-32-54(10)39(35-40)26-27-43-45-29-28-44(38(4)21-19-20-37(2)3)55(45,11)33-31-46(43)54/h12-18,22-26,37-38,40,43-51H,1,19-21,27-36H2,2-11H3/t38-,40+,43+,44-,45+,46+,47-,48+,49+,50-,51-,54+,55-/m1/s1. The van der Waals surface area contributed by atoms with Crippen molar-refractivity contribution in [1.29, 1.82) is 0 Å². The molecule has 2 saturated heterocycles. The van der Waals surface area contributed by atoms with Crippen LogP contribution in [-0.2, 0) is 28.1 Å². The van der Waals surface area contributed by atoms with Crippen LogP contribution in [0.4, 0.5) is 0 Å². The Morgan fingerprint density at radius 1 is 0.839 bits per heavy atom. The van der Waals surface area contributed by atoms with Crippen molar-refractivity contribution >= 4 is 18.7 Å². The highest BCUT2D eigenvalue weighted by Crippen LogP contribution is 2.67. The van der Waals surface area contributed by atoms with E-state index in [1.165, 1.54) is 61.7 Å². The Balaban J connectivity index is 1.01. The Hall–Kier alpha value is -2.10. The van der Waals surface area contributed by atoms with Gasteiger partial charge in [-0.15, -0.1) is 6.58 Å². The summed E-state index contributed by atoms with van der Waals surface area (Å²) in [5, 5.41) is 2.31. The van der Waals surface area contributed by atoms with E-state index in [0.29, 0.717) is 18.6 Å². The molecular formula is C55H82O6Si. The van der Waals surface area contributed by atoms with Gasteiger partial charge in [-0.05, 0) is 127 Å². The average Bonchev–Trinajstić information content (AvgIpc) is 3.76. The van der Waals surface area contributed by atoms with Gasteiger partial charge in [0, 0.05) is 0 Å². The Kier molecular flexibility index (Phi) is 13.7. The summed E-state index contributed by atoms with van der Waals surface area (Å²) in [6, 6.07) is 21.7. The quantitative estimate of drug-likeness (QED) is 0.131. The van der Waals surface area contributed by atoms with Crippen molar-refractivity contribution in [1.82, 2.24) is 0 Å². The maximum atomic E-state index is 7.51. The second kappa shape index (κ2) is 18.3. The van der Waals surface area contributed by atoms with E-state index in [4.69, 9.17) is 28.1 Å². The van der Waals surface area contributed by atoms with Crippen LogP contribution in [0.2, 0.25) is 5.04 Å². The molecule has 7 heteroatoms. The van der Waals surface area contributed by atoms with E-state index in [9.17, 15) is 0 Å². The van der Waals surface area contributed by atoms with E-state index in [2.05, 4.69) is 129 Å². The highest BCUT2D eigenvalue weighted by molar-refractivity contribution is 6.99. The minimum absolute atomic E-state index is 0.0345. The molecule has 6 nitrogen and oxygen atoms in total. The van der Waals surface area contributed by atoms with E-state index in [-0.39, 0.29) is 28.8 Å². The first-order valence-electron chi connectivity index (χ1n) is 24.8.